The number of hydrogen-bond donors (Lipinski definition) is 1. The number of hydrogen-bond acceptors (Lipinski definition) is 2. The maximum absolute atomic E-state index is 12.4. The molecule has 0 radical (unpaired) electrons. The highest BCUT2D eigenvalue weighted by molar-refractivity contribution is 5.79. The summed E-state index contributed by atoms with van der Waals surface area (Å²) in [5.41, 5.74) is 2.83. The number of nitrogens with zero attached hydrogens (tertiary/aromatic N) is 1. The highest BCUT2D eigenvalue weighted by Gasteiger charge is 2.27. The molecule has 2 aliphatic rings. The van der Waals surface area contributed by atoms with E-state index in [2.05, 4.69) is 34.5 Å². The molecule has 0 aliphatic carbocycles. The quantitative estimate of drug-likeness (QED) is 0.805. The Morgan fingerprint density at radius 2 is 1.83 bits per heavy atom. The standard InChI is InChI=1S/C15H20N2O/c18-15(14-5-8-16-11-14)17-9-6-12-3-1-2-4-13(12)7-10-17/h1-4,14,16H,5-11H2. The third-order valence-corrected chi connectivity index (χ3v) is 4.14. The minimum absolute atomic E-state index is 0.214. The van der Waals surface area contributed by atoms with Crippen molar-refractivity contribution in [3.8, 4) is 0 Å². The van der Waals surface area contributed by atoms with E-state index in [0.717, 1.165) is 45.4 Å². The molecule has 0 spiro atoms. The molecule has 1 N–H and O–H groups in total. The molecule has 3 rings (SSSR count). The van der Waals surface area contributed by atoms with Crippen LogP contribution in [0.2, 0.25) is 0 Å². The lowest BCUT2D eigenvalue weighted by Gasteiger charge is -2.23. The normalized spacial score (nSPS) is 23.6. The summed E-state index contributed by atoms with van der Waals surface area (Å²) in [6.07, 6.45) is 3.01. The van der Waals surface area contributed by atoms with Gasteiger partial charge in [0.25, 0.3) is 0 Å². The SMILES string of the molecule is O=C(C1CCNC1)N1CCc2ccccc2CC1. The van der Waals surface area contributed by atoms with Gasteiger partial charge in [0.15, 0.2) is 0 Å². The Bertz CT molecular complexity index is 411. The van der Waals surface area contributed by atoms with Crippen LogP contribution in [0, 0.1) is 5.92 Å². The Morgan fingerprint density at radius 3 is 2.39 bits per heavy atom. The van der Waals surface area contributed by atoms with Gasteiger partial charge in [0.1, 0.15) is 0 Å². The van der Waals surface area contributed by atoms with Crippen LogP contribution in [0.1, 0.15) is 17.5 Å². The van der Waals surface area contributed by atoms with Crippen molar-refractivity contribution in [1.29, 1.82) is 0 Å². The zero-order valence-electron chi connectivity index (χ0n) is 10.7. The molecule has 3 nitrogen and oxygen atoms in total. The fraction of sp³-hybridized carbons (Fsp3) is 0.533. The van der Waals surface area contributed by atoms with Crippen LogP contribution in [0.3, 0.4) is 0 Å². The van der Waals surface area contributed by atoms with Gasteiger partial charge in [-0.3, -0.25) is 4.79 Å². The molecule has 0 saturated carbocycles. The van der Waals surface area contributed by atoms with Crippen LogP contribution < -0.4 is 5.32 Å². The molecule has 1 amide bonds. The van der Waals surface area contributed by atoms with E-state index in [1.807, 2.05) is 0 Å². The van der Waals surface area contributed by atoms with Gasteiger partial charge in [0.05, 0.1) is 5.92 Å². The van der Waals surface area contributed by atoms with Gasteiger partial charge in [-0.25, -0.2) is 0 Å². The molecule has 0 bridgehead atoms. The highest BCUT2D eigenvalue weighted by Crippen LogP contribution is 2.18. The van der Waals surface area contributed by atoms with Crippen LogP contribution in [0.5, 0.6) is 0 Å². The van der Waals surface area contributed by atoms with Crippen LogP contribution in [-0.4, -0.2) is 37.0 Å². The molecule has 2 aliphatic heterocycles. The number of benzene rings is 1. The average molecular weight is 244 g/mol. The zero-order chi connectivity index (χ0) is 12.4. The van der Waals surface area contributed by atoms with E-state index in [1.165, 1.54) is 11.1 Å². The topological polar surface area (TPSA) is 32.3 Å². The van der Waals surface area contributed by atoms with Gasteiger partial charge < -0.3 is 10.2 Å². The lowest BCUT2D eigenvalue weighted by Crippen LogP contribution is -2.38. The minimum Gasteiger partial charge on any atom is -0.342 e. The first kappa shape index (κ1) is 11.7. The van der Waals surface area contributed by atoms with Gasteiger partial charge in [-0.15, -0.1) is 0 Å². The summed E-state index contributed by atoms with van der Waals surface area (Å²) in [6, 6.07) is 8.58. The number of nitrogens with one attached hydrogen (secondary N) is 1. The van der Waals surface area contributed by atoms with Gasteiger partial charge in [0.2, 0.25) is 5.91 Å². The van der Waals surface area contributed by atoms with Crippen molar-refractivity contribution < 1.29 is 4.79 Å². The third kappa shape index (κ3) is 2.27. The summed E-state index contributed by atoms with van der Waals surface area (Å²) < 4.78 is 0. The number of fused-ring (bicyclic) bond motifs is 1. The van der Waals surface area contributed by atoms with Crippen LogP contribution >= 0.6 is 0 Å². The Hall–Kier alpha value is -1.35. The molecule has 1 fully saturated rings. The Morgan fingerprint density at radius 1 is 1.17 bits per heavy atom. The van der Waals surface area contributed by atoms with Crippen LogP contribution in [0.15, 0.2) is 24.3 Å². The largest absolute Gasteiger partial charge is 0.342 e. The summed E-state index contributed by atoms with van der Waals surface area (Å²) in [5.74, 6) is 0.569. The summed E-state index contributed by atoms with van der Waals surface area (Å²) in [5, 5.41) is 3.28. The van der Waals surface area contributed by atoms with Crippen molar-refractivity contribution in [1.82, 2.24) is 10.2 Å². The fourth-order valence-electron chi connectivity index (χ4n) is 3.01. The summed E-state index contributed by atoms with van der Waals surface area (Å²) >= 11 is 0. The summed E-state index contributed by atoms with van der Waals surface area (Å²) in [4.78, 5) is 14.5. The highest BCUT2D eigenvalue weighted by atomic mass is 16.2. The third-order valence-electron chi connectivity index (χ3n) is 4.14. The van der Waals surface area contributed by atoms with E-state index in [0.29, 0.717) is 5.91 Å². The van der Waals surface area contributed by atoms with Crippen LogP contribution in [0.4, 0.5) is 0 Å². The number of rotatable bonds is 1. The van der Waals surface area contributed by atoms with Gasteiger partial charge in [-0.2, -0.15) is 0 Å². The van der Waals surface area contributed by atoms with E-state index in [4.69, 9.17) is 0 Å². The zero-order valence-corrected chi connectivity index (χ0v) is 10.7. The van der Waals surface area contributed by atoms with Crippen LogP contribution in [0.25, 0.3) is 0 Å². The molecule has 2 heterocycles. The smallest absolute Gasteiger partial charge is 0.227 e. The van der Waals surface area contributed by atoms with Gasteiger partial charge in [-0.1, -0.05) is 24.3 Å². The second-order valence-corrected chi connectivity index (χ2v) is 5.28. The second-order valence-electron chi connectivity index (χ2n) is 5.28. The number of carbonyl (C=O) groups is 1. The van der Waals surface area contributed by atoms with E-state index in [-0.39, 0.29) is 5.92 Å². The summed E-state index contributed by atoms with van der Waals surface area (Å²) in [7, 11) is 0. The van der Waals surface area contributed by atoms with Gasteiger partial charge in [-0.05, 0) is 36.9 Å². The molecule has 96 valence electrons. The van der Waals surface area contributed by atoms with E-state index < -0.39 is 0 Å². The fourth-order valence-corrected chi connectivity index (χ4v) is 3.01. The molecular formula is C15H20N2O. The van der Waals surface area contributed by atoms with Crippen molar-refractivity contribution in [2.45, 2.75) is 19.3 Å². The maximum Gasteiger partial charge on any atom is 0.227 e. The van der Waals surface area contributed by atoms with E-state index in [9.17, 15) is 4.79 Å². The molecule has 1 saturated heterocycles. The van der Waals surface area contributed by atoms with Crippen molar-refractivity contribution in [2.24, 2.45) is 5.92 Å². The minimum atomic E-state index is 0.214. The molecule has 1 aromatic carbocycles. The van der Waals surface area contributed by atoms with Crippen molar-refractivity contribution in [2.75, 3.05) is 26.2 Å². The van der Waals surface area contributed by atoms with Crippen molar-refractivity contribution in [3.63, 3.8) is 0 Å². The molecule has 3 heteroatoms. The molecule has 1 atom stereocenters. The van der Waals surface area contributed by atoms with Crippen molar-refractivity contribution >= 4 is 5.91 Å². The first-order valence-electron chi connectivity index (χ1n) is 6.91. The molecular weight excluding hydrogens is 224 g/mol. The second kappa shape index (κ2) is 5.11. The first-order chi connectivity index (χ1) is 8.84. The predicted molar refractivity (Wildman–Crippen MR) is 71.4 cm³/mol. The van der Waals surface area contributed by atoms with E-state index >= 15 is 0 Å². The maximum atomic E-state index is 12.4. The van der Waals surface area contributed by atoms with Crippen LogP contribution in [-0.2, 0) is 17.6 Å². The molecule has 1 unspecified atom stereocenters. The Kier molecular flexibility index (Phi) is 3.33. The predicted octanol–water partition coefficient (Wildman–Crippen LogP) is 1.22. The molecule has 18 heavy (non-hydrogen) atoms. The molecule has 1 aromatic rings. The monoisotopic (exact) mass is 244 g/mol. The Labute approximate surface area is 108 Å². The van der Waals surface area contributed by atoms with Crippen molar-refractivity contribution in [3.05, 3.63) is 35.4 Å². The average Bonchev–Trinajstić information content (AvgIpc) is 2.85. The lowest BCUT2D eigenvalue weighted by atomic mass is 10.0. The van der Waals surface area contributed by atoms with Gasteiger partial charge in [0, 0.05) is 19.6 Å². The van der Waals surface area contributed by atoms with Gasteiger partial charge >= 0.3 is 0 Å². The first-order valence-corrected chi connectivity index (χ1v) is 6.91. The number of amides is 1. The Balaban J connectivity index is 1.69. The lowest BCUT2D eigenvalue weighted by molar-refractivity contribution is -0.134. The summed E-state index contributed by atoms with van der Waals surface area (Å²) in [6.45, 7) is 3.62. The van der Waals surface area contributed by atoms with E-state index in [1.54, 1.807) is 0 Å². The number of carbonyl (C=O) groups excluding carboxylic acids is 1. The molecule has 0 aromatic heterocycles.